The minimum absolute atomic E-state index is 0.0241. The lowest BCUT2D eigenvalue weighted by molar-refractivity contribution is -0.139. The molecule has 2 aliphatic heterocycles. The normalized spacial score (nSPS) is 23.3. The molecule has 58 heavy (non-hydrogen) atoms. The number of carboxylic acids is 2. The van der Waals surface area contributed by atoms with Gasteiger partial charge in [-0.2, -0.15) is 0 Å². The predicted octanol–water partition coefficient (Wildman–Crippen LogP) is 4.65. The first kappa shape index (κ1) is 38.4. The van der Waals surface area contributed by atoms with Crippen LogP contribution in [0.3, 0.4) is 0 Å². The number of nitrogens with two attached hydrogens (primary N) is 1. The van der Waals surface area contributed by atoms with Crippen LogP contribution in [0.5, 0.6) is 11.8 Å². The van der Waals surface area contributed by atoms with E-state index in [0.29, 0.717) is 11.4 Å². The number of nitrogens with zero attached hydrogens (tertiary/aromatic N) is 8. The van der Waals surface area contributed by atoms with E-state index in [1.54, 1.807) is 23.4 Å². The highest BCUT2D eigenvalue weighted by molar-refractivity contribution is 6.12. The summed E-state index contributed by atoms with van der Waals surface area (Å²) in [7, 11) is 0. The second-order valence-corrected chi connectivity index (χ2v) is 15.3. The quantitative estimate of drug-likeness (QED) is 0.171. The summed E-state index contributed by atoms with van der Waals surface area (Å²) in [6, 6.07) is 7.46. The van der Waals surface area contributed by atoms with Gasteiger partial charge in [0, 0.05) is 36.1 Å². The van der Waals surface area contributed by atoms with Gasteiger partial charge >= 0.3 is 11.9 Å². The largest absolute Gasteiger partial charge is 0.481 e. The maximum atomic E-state index is 14.4. The standard InChI is InChI=1S/C40H44N10O8/c41-35-33-38(47-20-44-35)58-30(19-50(39(33)55)27-10-12-29(43-18-27)25-7-3-23(4-8-25)16-32(53)54)48-36-34-37(46-21-45-36)57-14-13-49(40(34)56)26-9-11-28(42-17-26)24-5-1-22(2-6-24)15-31(51)52/h9-12,17-18,20-25,30H,1-8,13-16,19H2,(H,51,52)(H,53,54)(H2,41,44,47)(H,45,46,48). The van der Waals surface area contributed by atoms with Crippen molar-refractivity contribution in [3.05, 3.63) is 71.8 Å². The molecule has 1 unspecified atom stereocenters. The maximum Gasteiger partial charge on any atom is 0.303 e. The second kappa shape index (κ2) is 16.6. The lowest BCUT2D eigenvalue weighted by Crippen LogP contribution is -2.42. The Balaban J connectivity index is 1.02. The van der Waals surface area contributed by atoms with Crippen molar-refractivity contribution in [1.82, 2.24) is 29.9 Å². The van der Waals surface area contributed by atoms with Gasteiger partial charge in [0.15, 0.2) is 6.23 Å². The molecular formula is C40H44N10O8. The highest BCUT2D eigenvalue weighted by Crippen LogP contribution is 2.39. The topological polar surface area (TPSA) is 249 Å². The molecule has 0 bridgehead atoms. The first-order valence-electron chi connectivity index (χ1n) is 19.6. The number of carbonyl (C=O) groups excluding carboxylic acids is 2. The number of aliphatic carboxylic acids is 2. The molecule has 18 nitrogen and oxygen atoms in total. The van der Waals surface area contributed by atoms with E-state index in [0.717, 1.165) is 62.8 Å². The van der Waals surface area contributed by atoms with Crippen LogP contribution < -0.4 is 30.3 Å². The molecule has 4 aliphatic rings. The Labute approximate surface area is 333 Å². The van der Waals surface area contributed by atoms with Crippen molar-refractivity contribution in [3.8, 4) is 11.8 Å². The molecule has 6 heterocycles. The van der Waals surface area contributed by atoms with Gasteiger partial charge in [-0.25, -0.2) is 19.9 Å². The zero-order valence-electron chi connectivity index (χ0n) is 31.7. The molecule has 2 saturated carbocycles. The molecule has 302 valence electrons. The van der Waals surface area contributed by atoms with E-state index >= 15 is 0 Å². The van der Waals surface area contributed by atoms with Gasteiger partial charge < -0.3 is 40.5 Å². The Kier molecular flexibility index (Phi) is 11.0. The van der Waals surface area contributed by atoms with E-state index in [1.165, 1.54) is 17.6 Å². The van der Waals surface area contributed by atoms with Crippen LogP contribution in [0, 0.1) is 11.8 Å². The molecule has 4 aromatic rings. The number of carbonyl (C=O) groups is 4. The summed E-state index contributed by atoms with van der Waals surface area (Å²) in [4.78, 5) is 80.3. The lowest BCUT2D eigenvalue weighted by atomic mass is 9.79. The molecule has 2 aliphatic carbocycles. The van der Waals surface area contributed by atoms with Crippen molar-refractivity contribution >= 4 is 46.8 Å². The van der Waals surface area contributed by atoms with E-state index in [-0.39, 0.29) is 90.7 Å². The number of hydrogen-bond donors (Lipinski definition) is 4. The number of ether oxygens (including phenoxy) is 2. The third-order valence-electron chi connectivity index (χ3n) is 11.6. The van der Waals surface area contributed by atoms with Gasteiger partial charge in [-0.1, -0.05) is 0 Å². The summed E-state index contributed by atoms with van der Waals surface area (Å²) in [5.41, 5.74) is 9.05. The monoisotopic (exact) mass is 792 g/mol. The van der Waals surface area contributed by atoms with Crippen LogP contribution in [-0.2, 0) is 9.59 Å². The Morgan fingerprint density at radius 2 is 1.26 bits per heavy atom. The Bertz CT molecular complexity index is 2170. The average molecular weight is 793 g/mol. The highest BCUT2D eigenvalue weighted by atomic mass is 16.5. The fourth-order valence-electron chi connectivity index (χ4n) is 8.59. The van der Waals surface area contributed by atoms with Crippen molar-refractivity contribution in [2.45, 2.75) is 82.3 Å². The fraction of sp³-hybridized carbons (Fsp3) is 0.450. The molecule has 0 aromatic carbocycles. The number of amides is 2. The number of rotatable bonds is 10. The van der Waals surface area contributed by atoms with Crippen LogP contribution in [0.1, 0.15) is 108 Å². The van der Waals surface area contributed by atoms with E-state index in [1.807, 2.05) is 18.2 Å². The molecule has 2 fully saturated rings. The summed E-state index contributed by atoms with van der Waals surface area (Å²) in [5.74, 6) is -1.66. The van der Waals surface area contributed by atoms with Crippen LogP contribution in [0.15, 0.2) is 49.3 Å². The maximum absolute atomic E-state index is 14.4. The molecular weight excluding hydrogens is 749 g/mol. The van der Waals surface area contributed by atoms with E-state index in [9.17, 15) is 29.4 Å². The molecule has 0 saturated heterocycles. The van der Waals surface area contributed by atoms with Crippen LogP contribution in [0.2, 0.25) is 0 Å². The summed E-state index contributed by atoms with van der Waals surface area (Å²) < 4.78 is 12.2. The van der Waals surface area contributed by atoms with Crippen molar-refractivity contribution in [3.63, 3.8) is 0 Å². The number of fused-ring (bicyclic) bond motifs is 2. The van der Waals surface area contributed by atoms with Crippen molar-refractivity contribution in [1.29, 1.82) is 0 Å². The van der Waals surface area contributed by atoms with Gasteiger partial charge in [-0.3, -0.25) is 29.1 Å². The summed E-state index contributed by atoms with van der Waals surface area (Å²) >= 11 is 0. The molecule has 8 rings (SSSR count). The van der Waals surface area contributed by atoms with E-state index < -0.39 is 30.0 Å². The Hall–Kier alpha value is -6.46. The first-order valence-corrected chi connectivity index (χ1v) is 19.6. The van der Waals surface area contributed by atoms with Crippen molar-refractivity contribution in [2.75, 3.05) is 40.5 Å². The Morgan fingerprint density at radius 1 is 0.707 bits per heavy atom. The van der Waals surface area contributed by atoms with Crippen LogP contribution in [0.25, 0.3) is 0 Å². The lowest BCUT2D eigenvalue weighted by Gasteiger charge is -2.28. The zero-order valence-corrected chi connectivity index (χ0v) is 31.7. The van der Waals surface area contributed by atoms with Gasteiger partial charge in [0.25, 0.3) is 11.8 Å². The number of carboxylic acid groups (broad SMARTS) is 2. The molecule has 0 spiro atoms. The van der Waals surface area contributed by atoms with Crippen molar-refractivity contribution < 1.29 is 38.9 Å². The zero-order chi connectivity index (χ0) is 40.3. The molecule has 2 amide bonds. The summed E-state index contributed by atoms with van der Waals surface area (Å²) in [6.07, 6.45) is 11.8. The number of aromatic nitrogens is 6. The molecule has 1 atom stereocenters. The van der Waals surface area contributed by atoms with Crippen LogP contribution in [-0.4, -0.2) is 89.8 Å². The van der Waals surface area contributed by atoms with Gasteiger partial charge in [0.1, 0.15) is 42.0 Å². The van der Waals surface area contributed by atoms with E-state index in [4.69, 9.17) is 25.2 Å². The third kappa shape index (κ3) is 8.17. The molecule has 18 heteroatoms. The van der Waals surface area contributed by atoms with Gasteiger partial charge in [0.2, 0.25) is 11.8 Å². The second-order valence-electron chi connectivity index (χ2n) is 15.3. The van der Waals surface area contributed by atoms with Gasteiger partial charge in [-0.15, -0.1) is 0 Å². The minimum atomic E-state index is -1.00. The van der Waals surface area contributed by atoms with Crippen LogP contribution in [0.4, 0.5) is 23.0 Å². The third-order valence-corrected chi connectivity index (χ3v) is 11.6. The van der Waals surface area contributed by atoms with E-state index in [2.05, 4.69) is 25.3 Å². The number of hydrogen-bond acceptors (Lipinski definition) is 14. The number of anilines is 4. The predicted molar refractivity (Wildman–Crippen MR) is 208 cm³/mol. The Morgan fingerprint density at radius 3 is 1.83 bits per heavy atom. The summed E-state index contributed by atoms with van der Waals surface area (Å²) in [5, 5.41) is 21.6. The smallest absolute Gasteiger partial charge is 0.303 e. The SMILES string of the molecule is Nc1ncnc2c1C(=O)N(c1ccc(C3CCC(CC(=O)O)CC3)nc1)CC(Nc1ncnc3c1C(=O)N(c1ccc(C4CCC(CC(=O)O)CC4)nc1)CCO3)O2. The molecule has 0 radical (unpaired) electrons. The highest BCUT2D eigenvalue weighted by Gasteiger charge is 2.37. The van der Waals surface area contributed by atoms with Crippen molar-refractivity contribution in [2.24, 2.45) is 11.8 Å². The molecule has 4 aromatic heterocycles. The molecule has 5 N–H and O–H groups in total. The average Bonchev–Trinajstić information content (AvgIpc) is 3.47. The number of nitrogens with one attached hydrogen (secondary N) is 1. The number of pyridine rings is 2. The summed E-state index contributed by atoms with van der Waals surface area (Å²) in [6.45, 7) is 0.300. The fourth-order valence-corrected chi connectivity index (χ4v) is 8.59. The van der Waals surface area contributed by atoms with Gasteiger partial charge in [-0.05, 0) is 87.5 Å². The van der Waals surface area contributed by atoms with Crippen LogP contribution >= 0.6 is 0 Å². The first-order chi connectivity index (χ1) is 28.1. The number of nitrogen functional groups attached to an aromatic ring is 1. The minimum Gasteiger partial charge on any atom is -0.481 e. The van der Waals surface area contributed by atoms with Gasteiger partial charge in [0.05, 0.1) is 36.9 Å².